The number of carbonyl (C=O) groups excluding carboxylic acids is 1. The van der Waals surface area contributed by atoms with Crippen molar-refractivity contribution in [1.29, 1.82) is 0 Å². The highest BCUT2D eigenvalue weighted by molar-refractivity contribution is 5.94. The van der Waals surface area contributed by atoms with Gasteiger partial charge in [-0.05, 0) is 52.9 Å². The van der Waals surface area contributed by atoms with Gasteiger partial charge < -0.3 is 5.32 Å². The van der Waals surface area contributed by atoms with Crippen LogP contribution in [0.15, 0.2) is 48.5 Å². The lowest BCUT2D eigenvalue weighted by Crippen LogP contribution is -2.24. The van der Waals surface area contributed by atoms with Gasteiger partial charge in [0.2, 0.25) is 0 Å². The second kappa shape index (κ2) is 6.90. The number of benzene rings is 2. The molecule has 1 heterocycles. The van der Waals surface area contributed by atoms with Gasteiger partial charge in [-0.15, -0.1) is 5.10 Å². The summed E-state index contributed by atoms with van der Waals surface area (Å²) in [7, 11) is 0. The van der Waals surface area contributed by atoms with Crippen LogP contribution < -0.4 is 5.32 Å². The van der Waals surface area contributed by atoms with E-state index in [0.717, 1.165) is 24.3 Å². The normalized spacial score (nSPS) is 11.4. The minimum atomic E-state index is -4.47. The Balaban J connectivity index is 1.70. The van der Waals surface area contributed by atoms with Gasteiger partial charge in [-0.2, -0.15) is 17.9 Å². The summed E-state index contributed by atoms with van der Waals surface area (Å²) in [6.07, 6.45) is -4.47. The number of hydrogen-bond acceptors (Lipinski definition) is 4. The van der Waals surface area contributed by atoms with Crippen molar-refractivity contribution in [2.24, 2.45) is 0 Å². The Bertz CT molecular complexity index is 921. The molecule has 0 aliphatic heterocycles. The van der Waals surface area contributed by atoms with Crippen LogP contribution in [0.3, 0.4) is 0 Å². The molecule has 0 saturated heterocycles. The lowest BCUT2D eigenvalue weighted by atomic mass is 10.1. The highest BCUT2D eigenvalue weighted by Crippen LogP contribution is 2.29. The van der Waals surface area contributed by atoms with Gasteiger partial charge in [0.15, 0.2) is 5.82 Å². The van der Waals surface area contributed by atoms with E-state index >= 15 is 0 Å². The van der Waals surface area contributed by atoms with Gasteiger partial charge in [0, 0.05) is 5.56 Å². The van der Waals surface area contributed by atoms with Crippen molar-refractivity contribution in [1.82, 2.24) is 25.5 Å². The summed E-state index contributed by atoms with van der Waals surface area (Å²) in [6, 6.07) is 9.35. The average Bonchev–Trinajstić information content (AvgIpc) is 3.07. The molecule has 2 aromatic carbocycles. The number of nitrogens with zero attached hydrogens (tertiary/aromatic N) is 4. The van der Waals surface area contributed by atoms with Crippen molar-refractivity contribution in [2.75, 3.05) is 0 Å². The quantitative estimate of drug-likeness (QED) is 0.722. The molecule has 1 aromatic heterocycles. The van der Waals surface area contributed by atoms with Crippen LogP contribution in [-0.4, -0.2) is 26.1 Å². The lowest BCUT2D eigenvalue weighted by molar-refractivity contribution is -0.137. The monoisotopic (exact) mass is 365 g/mol. The highest BCUT2D eigenvalue weighted by Gasteiger charge is 2.30. The van der Waals surface area contributed by atoms with E-state index in [2.05, 4.69) is 20.8 Å². The van der Waals surface area contributed by atoms with Crippen LogP contribution in [0.25, 0.3) is 5.69 Å². The molecule has 3 rings (SSSR count). The third-order valence-electron chi connectivity index (χ3n) is 3.47. The molecule has 3 aromatic rings. The average molecular weight is 365 g/mol. The molecule has 0 fully saturated rings. The molecule has 10 heteroatoms. The molecule has 0 spiro atoms. The van der Waals surface area contributed by atoms with E-state index in [9.17, 15) is 22.4 Å². The largest absolute Gasteiger partial charge is 0.416 e. The first kappa shape index (κ1) is 17.5. The maximum Gasteiger partial charge on any atom is 0.416 e. The van der Waals surface area contributed by atoms with Gasteiger partial charge in [0.25, 0.3) is 5.91 Å². The molecule has 0 bridgehead atoms. The van der Waals surface area contributed by atoms with E-state index < -0.39 is 23.5 Å². The van der Waals surface area contributed by atoms with E-state index in [1.54, 1.807) is 6.07 Å². The third-order valence-corrected chi connectivity index (χ3v) is 3.47. The molecule has 0 saturated carbocycles. The van der Waals surface area contributed by atoms with Crippen molar-refractivity contribution in [3.63, 3.8) is 0 Å². The molecule has 1 N–H and O–H groups in total. The standard InChI is InChI=1S/C16H11F4N5O/c17-12-2-1-3-13(8-12)25-14(22-23-24-25)9-21-15(26)10-4-6-11(7-5-10)16(18,19)20/h1-8H,9H2,(H,21,26). The zero-order valence-corrected chi connectivity index (χ0v) is 13.0. The topological polar surface area (TPSA) is 72.7 Å². The molecule has 0 radical (unpaired) electrons. The Morgan fingerprint density at radius 3 is 2.50 bits per heavy atom. The van der Waals surface area contributed by atoms with Gasteiger partial charge in [-0.1, -0.05) is 6.07 Å². The molecule has 26 heavy (non-hydrogen) atoms. The predicted molar refractivity (Wildman–Crippen MR) is 81.7 cm³/mol. The van der Waals surface area contributed by atoms with E-state index in [-0.39, 0.29) is 17.9 Å². The van der Waals surface area contributed by atoms with Crippen LogP contribution >= 0.6 is 0 Å². The number of tetrazole rings is 1. The lowest BCUT2D eigenvalue weighted by Gasteiger charge is -2.08. The fourth-order valence-electron chi connectivity index (χ4n) is 2.20. The van der Waals surface area contributed by atoms with Crippen LogP contribution in [0.4, 0.5) is 17.6 Å². The fraction of sp³-hybridized carbons (Fsp3) is 0.125. The number of rotatable bonds is 4. The molecule has 0 aliphatic carbocycles. The van der Waals surface area contributed by atoms with Crippen molar-refractivity contribution in [3.05, 3.63) is 71.3 Å². The summed E-state index contributed by atoms with van der Waals surface area (Å²) in [5.74, 6) is -0.832. The molecule has 134 valence electrons. The molecular weight excluding hydrogens is 354 g/mol. The number of carbonyl (C=O) groups is 1. The number of hydrogen-bond donors (Lipinski definition) is 1. The smallest absolute Gasteiger partial charge is 0.345 e. The Morgan fingerprint density at radius 1 is 1.12 bits per heavy atom. The minimum Gasteiger partial charge on any atom is -0.345 e. The summed E-state index contributed by atoms with van der Waals surface area (Å²) in [4.78, 5) is 12.1. The van der Waals surface area contributed by atoms with Crippen molar-refractivity contribution < 1.29 is 22.4 Å². The first-order chi connectivity index (χ1) is 12.3. The van der Waals surface area contributed by atoms with Crippen molar-refractivity contribution >= 4 is 5.91 Å². The number of halogens is 4. The molecule has 0 aliphatic rings. The Morgan fingerprint density at radius 2 is 1.85 bits per heavy atom. The van der Waals surface area contributed by atoms with Crippen LogP contribution in [0.5, 0.6) is 0 Å². The predicted octanol–water partition coefficient (Wildman–Crippen LogP) is 2.75. The van der Waals surface area contributed by atoms with Gasteiger partial charge in [-0.3, -0.25) is 4.79 Å². The maximum atomic E-state index is 13.3. The van der Waals surface area contributed by atoms with Gasteiger partial charge >= 0.3 is 6.18 Å². The van der Waals surface area contributed by atoms with Crippen LogP contribution in [-0.2, 0) is 12.7 Å². The highest BCUT2D eigenvalue weighted by atomic mass is 19.4. The second-order valence-electron chi connectivity index (χ2n) is 5.24. The van der Waals surface area contributed by atoms with Crippen LogP contribution in [0.2, 0.25) is 0 Å². The Kier molecular flexibility index (Phi) is 4.65. The summed E-state index contributed by atoms with van der Waals surface area (Å²) < 4.78 is 52.2. The first-order valence-corrected chi connectivity index (χ1v) is 7.33. The molecule has 0 unspecified atom stereocenters. The molecular formula is C16H11F4N5O. The summed E-state index contributed by atoms with van der Waals surface area (Å²) in [5.41, 5.74) is -0.416. The number of nitrogens with one attached hydrogen (secondary N) is 1. The van der Waals surface area contributed by atoms with E-state index in [1.807, 2.05) is 0 Å². The van der Waals surface area contributed by atoms with Crippen LogP contribution in [0, 0.1) is 5.82 Å². The zero-order chi connectivity index (χ0) is 18.7. The second-order valence-corrected chi connectivity index (χ2v) is 5.24. The van der Waals surface area contributed by atoms with Gasteiger partial charge in [0.05, 0.1) is 17.8 Å². The molecule has 1 amide bonds. The molecule has 0 atom stereocenters. The SMILES string of the molecule is O=C(NCc1nnnn1-c1cccc(F)c1)c1ccc(C(F)(F)F)cc1. The number of aromatic nitrogens is 4. The van der Waals surface area contributed by atoms with Gasteiger partial charge in [-0.25, -0.2) is 4.39 Å². The minimum absolute atomic E-state index is 0.0581. The summed E-state index contributed by atoms with van der Waals surface area (Å²) >= 11 is 0. The molecule has 6 nitrogen and oxygen atoms in total. The first-order valence-electron chi connectivity index (χ1n) is 7.33. The summed E-state index contributed by atoms with van der Waals surface area (Å²) in [5, 5.41) is 13.5. The maximum absolute atomic E-state index is 13.3. The summed E-state index contributed by atoms with van der Waals surface area (Å²) in [6.45, 7) is -0.0939. The third kappa shape index (κ3) is 3.85. The van der Waals surface area contributed by atoms with E-state index in [1.165, 1.54) is 22.9 Å². The fourth-order valence-corrected chi connectivity index (χ4v) is 2.20. The van der Waals surface area contributed by atoms with E-state index in [4.69, 9.17) is 0 Å². The zero-order valence-electron chi connectivity index (χ0n) is 13.0. The van der Waals surface area contributed by atoms with Crippen molar-refractivity contribution in [2.45, 2.75) is 12.7 Å². The number of amides is 1. The van der Waals surface area contributed by atoms with E-state index in [0.29, 0.717) is 5.69 Å². The van der Waals surface area contributed by atoms with Gasteiger partial charge in [0.1, 0.15) is 5.82 Å². The Hall–Kier alpha value is -3.30. The van der Waals surface area contributed by atoms with Crippen molar-refractivity contribution in [3.8, 4) is 5.69 Å². The van der Waals surface area contributed by atoms with Crippen LogP contribution in [0.1, 0.15) is 21.7 Å². The number of alkyl halides is 3. The Labute approximate surface area is 144 Å².